The fraction of sp³-hybridized carbons (Fsp3) is 0.400. The number of benzene rings is 1. The highest BCUT2D eigenvalue weighted by Gasteiger charge is 2.40. The van der Waals surface area contributed by atoms with Crippen molar-refractivity contribution in [1.82, 2.24) is 0 Å². The van der Waals surface area contributed by atoms with Crippen LogP contribution < -0.4 is 9.47 Å². The maximum atomic E-state index is 13.0. The third-order valence-corrected chi connectivity index (χ3v) is 4.54. The Hall–Kier alpha value is 0.0700. The molecule has 96 valence electrons. The molecule has 0 radical (unpaired) electrons. The van der Waals surface area contributed by atoms with Gasteiger partial charge in [-0.15, -0.1) is 0 Å². The highest BCUT2D eigenvalue weighted by Crippen LogP contribution is 2.47. The third-order valence-electron chi connectivity index (χ3n) is 2.21. The van der Waals surface area contributed by atoms with Crippen LogP contribution in [0.15, 0.2) is 0 Å². The van der Waals surface area contributed by atoms with E-state index < -0.39 is 11.7 Å². The minimum absolute atomic E-state index is 0.0207. The number of methoxy groups -OCH3 is 2. The van der Waals surface area contributed by atoms with Gasteiger partial charge in [-0.2, -0.15) is 13.2 Å². The van der Waals surface area contributed by atoms with Crippen molar-refractivity contribution >= 4 is 45.2 Å². The molecule has 1 aromatic carbocycles. The van der Waals surface area contributed by atoms with Crippen LogP contribution in [0.25, 0.3) is 0 Å². The molecule has 0 amide bonds. The van der Waals surface area contributed by atoms with Gasteiger partial charge in [0.2, 0.25) is 0 Å². The van der Waals surface area contributed by atoms with E-state index in [0.717, 1.165) is 0 Å². The van der Waals surface area contributed by atoms with Gasteiger partial charge >= 0.3 is 6.18 Å². The average molecular weight is 472 g/mol. The van der Waals surface area contributed by atoms with Crippen LogP contribution in [0.2, 0.25) is 0 Å². The van der Waals surface area contributed by atoms with E-state index in [2.05, 4.69) is 0 Å². The molecule has 0 heterocycles. The largest absolute Gasteiger partial charge is 0.495 e. The summed E-state index contributed by atoms with van der Waals surface area (Å²) in [6.07, 6.45) is -4.47. The Morgan fingerprint density at radius 1 is 0.941 bits per heavy atom. The molecule has 0 N–H and O–H groups in total. The quantitative estimate of drug-likeness (QED) is 0.601. The molecule has 0 saturated carbocycles. The van der Waals surface area contributed by atoms with Crippen molar-refractivity contribution in [3.05, 3.63) is 18.3 Å². The second-order valence-electron chi connectivity index (χ2n) is 3.19. The highest BCUT2D eigenvalue weighted by molar-refractivity contribution is 14.1. The van der Waals surface area contributed by atoms with Crippen LogP contribution in [0.1, 0.15) is 11.1 Å². The number of halogens is 5. The lowest BCUT2D eigenvalue weighted by Gasteiger charge is -2.20. The first-order valence-electron chi connectivity index (χ1n) is 4.42. The minimum atomic E-state index is -4.47. The van der Waals surface area contributed by atoms with E-state index in [4.69, 9.17) is 9.47 Å². The van der Waals surface area contributed by atoms with E-state index in [-0.39, 0.29) is 15.1 Å². The maximum absolute atomic E-state index is 13.0. The maximum Gasteiger partial charge on any atom is 0.421 e. The van der Waals surface area contributed by atoms with Gasteiger partial charge in [0.05, 0.1) is 21.4 Å². The van der Waals surface area contributed by atoms with Crippen molar-refractivity contribution in [3.8, 4) is 11.5 Å². The lowest BCUT2D eigenvalue weighted by molar-refractivity contribution is -0.139. The molecule has 0 aliphatic carbocycles. The second kappa shape index (κ2) is 5.37. The molecular weight excluding hydrogens is 463 g/mol. The Labute approximate surface area is 124 Å². The molecule has 0 bridgehead atoms. The topological polar surface area (TPSA) is 18.5 Å². The summed E-state index contributed by atoms with van der Waals surface area (Å²) in [4.78, 5) is 0. The SMILES string of the molecule is COc1c(C)c(I)c(OC)c(C(F)(F)F)c1I. The molecule has 0 aliphatic rings. The first-order chi connectivity index (χ1) is 7.75. The molecule has 0 fully saturated rings. The Kier molecular flexibility index (Phi) is 4.78. The molecule has 17 heavy (non-hydrogen) atoms. The predicted molar refractivity (Wildman–Crippen MR) is 74.7 cm³/mol. The smallest absolute Gasteiger partial charge is 0.421 e. The summed E-state index contributed by atoms with van der Waals surface area (Å²) in [7, 11) is 2.59. The van der Waals surface area contributed by atoms with Gasteiger partial charge < -0.3 is 9.47 Å². The molecule has 2 nitrogen and oxygen atoms in total. The van der Waals surface area contributed by atoms with Crippen molar-refractivity contribution in [2.24, 2.45) is 0 Å². The molecule has 7 heteroatoms. The summed E-state index contributed by atoms with van der Waals surface area (Å²) in [5.74, 6) is 0.0870. The summed E-state index contributed by atoms with van der Waals surface area (Å²) in [6, 6.07) is 0. The van der Waals surface area contributed by atoms with Gasteiger partial charge in [0.25, 0.3) is 0 Å². The van der Waals surface area contributed by atoms with Crippen molar-refractivity contribution in [3.63, 3.8) is 0 Å². The number of rotatable bonds is 2. The second-order valence-corrected chi connectivity index (χ2v) is 5.35. The zero-order valence-electron chi connectivity index (χ0n) is 9.21. The first kappa shape index (κ1) is 15.1. The van der Waals surface area contributed by atoms with Gasteiger partial charge in [-0.25, -0.2) is 0 Å². The van der Waals surface area contributed by atoms with Crippen LogP contribution in [0.5, 0.6) is 11.5 Å². The molecule has 0 atom stereocenters. The zero-order valence-corrected chi connectivity index (χ0v) is 13.5. The van der Waals surface area contributed by atoms with Crippen molar-refractivity contribution in [2.45, 2.75) is 13.1 Å². The Bertz CT molecular complexity index is 444. The number of alkyl halides is 3. The molecule has 0 unspecified atom stereocenters. The third kappa shape index (κ3) is 2.74. The monoisotopic (exact) mass is 472 g/mol. The summed E-state index contributed by atoms with van der Waals surface area (Å²) in [6.45, 7) is 1.70. The average Bonchev–Trinajstić information content (AvgIpc) is 2.22. The zero-order chi connectivity index (χ0) is 13.4. The molecule has 1 aromatic rings. The van der Waals surface area contributed by atoms with Crippen LogP contribution in [0.3, 0.4) is 0 Å². The molecular formula is C10H9F3I2O2. The normalized spacial score (nSPS) is 11.5. The van der Waals surface area contributed by atoms with Crippen LogP contribution in [-0.4, -0.2) is 14.2 Å². The fourth-order valence-corrected chi connectivity index (χ4v) is 3.36. The van der Waals surface area contributed by atoms with Crippen molar-refractivity contribution < 1.29 is 22.6 Å². The van der Waals surface area contributed by atoms with Gasteiger partial charge in [-0.05, 0) is 52.1 Å². The molecule has 0 aliphatic heterocycles. The van der Waals surface area contributed by atoms with Crippen LogP contribution in [0.4, 0.5) is 13.2 Å². The highest BCUT2D eigenvalue weighted by atomic mass is 127. The van der Waals surface area contributed by atoms with E-state index in [9.17, 15) is 13.2 Å². The Morgan fingerprint density at radius 2 is 1.41 bits per heavy atom. The van der Waals surface area contributed by atoms with E-state index >= 15 is 0 Å². The van der Waals surface area contributed by atoms with Gasteiger partial charge in [0.15, 0.2) is 0 Å². The molecule has 0 aromatic heterocycles. The number of hydrogen-bond acceptors (Lipinski definition) is 2. The van der Waals surface area contributed by atoms with Gasteiger partial charge in [-0.1, -0.05) is 0 Å². The standard InChI is InChI=1S/C10H9F3I2O2/c1-4-6(14)9(17-3)5(10(11,12)13)7(15)8(4)16-2/h1-3H3. The fourth-order valence-electron chi connectivity index (χ4n) is 1.45. The Balaban J connectivity index is 3.74. The van der Waals surface area contributed by atoms with E-state index in [1.54, 1.807) is 29.5 Å². The van der Waals surface area contributed by atoms with E-state index in [0.29, 0.717) is 9.13 Å². The number of hydrogen-bond donors (Lipinski definition) is 0. The Morgan fingerprint density at radius 3 is 1.76 bits per heavy atom. The van der Waals surface area contributed by atoms with Crippen molar-refractivity contribution in [1.29, 1.82) is 0 Å². The summed E-state index contributed by atoms with van der Waals surface area (Å²) in [5.41, 5.74) is -0.144. The first-order valence-corrected chi connectivity index (χ1v) is 6.58. The van der Waals surface area contributed by atoms with Gasteiger partial charge in [0.1, 0.15) is 17.1 Å². The van der Waals surface area contributed by atoms with Gasteiger partial charge in [-0.3, -0.25) is 0 Å². The minimum Gasteiger partial charge on any atom is -0.495 e. The van der Waals surface area contributed by atoms with E-state index in [1.807, 2.05) is 22.6 Å². The summed E-state index contributed by atoms with van der Waals surface area (Å²) < 4.78 is 49.3. The number of ether oxygens (including phenoxy) is 2. The lowest BCUT2D eigenvalue weighted by Crippen LogP contribution is -2.13. The van der Waals surface area contributed by atoms with E-state index in [1.165, 1.54) is 14.2 Å². The van der Waals surface area contributed by atoms with Crippen LogP contribution >= 0.6 is 45.2 Å². The van der Waals surface area contributed by atoms with Crippen LogP contribution in [-0.2, 0) is 6.18 Å². The van der Waals surface area contributed by atoms with Gasteiger partial charge in [0, 0.05) is 5.56 Å². The molecule has 0 spiro atoms. The lowest BCUT2D eigenvalue weighted by atomic mass is 10.1. The van der Waals surface area contributed by atoms with Crippen LogP contribution in [0, 0.1) is 14.1 Å². The molecule has 1 rings (SSSR count). The summed E-state index contributed by atoms with van der Waals surface area (Å²) in [5, 5.41) is 0. The predicted octanol–water partition coefficient (Wildman–Crippen LogP) is 4.24. The van der Waals surface area contributed by atoms with Crippen molar-refractivity contribution in [2.75, 3.05) is 14.2 Å². The summed E-state index contributed by atoms with van der Waals surface area (Å²) >= 11 is 3.46. The molecule has 0 saturated heterocycles.